The smallest absolute Gasteiger partial charge is 0.370 e. The van der Waals surface area contributed by atoms with E-state index >= 15 is 0 Å². The highest BCUT2D eigenvalue weighted by molar-refractivity contribution is 6.09. The number of hydrogen-bond acceptors (Lipinski definition) is 5. The Morgan fingerprint density at radius 3 is 2.51 bits per heavy atom. The molecule has 2 amide bonds. The lowest BCUT2D eigenvalue weighted by Crippen LogP contribution is -2.40. The number of benzene rings is 1. The van der Waals surface area contributed by atoms with Crippen LogP contribution in [-0.4, -0.2) is 53.6 Å². The second kappa shape index (κ2) is 11.6. The molecule has 2 saturated heterocycles. The number of allylic oxidation sites excluding steroid dienone is 1. The molecule has 0 unspecified atom stereocenters. The number of anilines is 2. The van der Waals surface area contributed by atoms with E-state index in [9.17, 15) is 22.8 Å². The minimum absolute atomic E-state index is 0.124. The van der Waals surface area contributed by atoms with Crippen LogP contribution in [0.15, 0.2) is 59.5 Å². The van der Waals surface area contributed by atoms with Crippen LogP contribution >= 0.6 is 0 Å². The van der Waals surface area contributed by atoms with Crippen LogP contribution in [0.3, 0.4) is 0 Å². The number of rotatable bonds is 7. The lowest BCUT2D eigenvalue weighted by molar-refractivity contribution is -0.137. The Hall–Kier alpha value is -3.69. The maximum absolute atomic E-state index is 13.4. The second-order valence-corrected chi connectivity index (χ2v) is 10.3. The molecule has 1 aromatic heterocycles. The van der Waals surface area contributed by atoms with E-state index in [2.05, 4.69) is 15.3 Å². The summed E-state index contributed by atoms with van der Waals surface area (Å²) in [5, 5.41) is 2.70. The Bertz CT molecular complexity index is 1260. The van der Waals surface area contributed by atoms with Crippen molar-refractivity contribution in [3.63, 3.8) is 0 Å². The quantitative estimate of drug-likeness (QED) is 0.522. The van der Waals surface area contributed by atoms with E-state index in [1.165, 1.54) is 6.07 Å². The average molecular weight is 540 g/mol. The Balaban J connectivity index is 1.18. The zero-order chi connectivity index (χ0) is 27.4. The highest BCUT2D eigenvalue weighted by atomic mass is 19.4. The van der Waals surface area contributed by atoms with Gasteiger partial charge in [0.2, 0.25) is 5.91 Å². The van der Waals surface area contributed by atoms with E-state index in [0.29, 0.717) is 38.0 Å². The van der Waals surface area contributed by atoms with Crippen molar-refractivity contribution in [1.82, 2.24) is 9.88 Å². The maximum Gasteiger partial charge on any atom is 0.416 e. The molecule has 0 aliphatic carbocycles. The van der Waals surface area contributed by atoms with E-state index in [-0.39, 0.29) is 23.2 Å². The van der Waals surface area contributed by atoms with Gasteiger partial charge in [0.1, 0.15) is 5.70 Å². The number of amides is 2. The monoisotopic (exact) mass is 539 g/mol. The van der Waals surface area contributed by atoms with Crippen molar-refractivity contribution in [1.29, 1.82) is 0 Å². The fourth-order valence-corrected chi connectivity index (χ4v) is 5.50. The molecule has 1 aromatic carbocycles. The predicted octanol–water partition coefficient (Wildman–Crippen LogP) is 5.24. The van der Waals surface area contributed by atoms with Gasteiger partial charge in [0, 0.05) is 63.0 Å². The van der Waals surface area contributed by atoms with Gasteiger partial charge >= 0.3 is 6.18 Å². The van der Waals surface area contributed by atoms with Gasteiger partial charge in [0.05, 0.1) is 16.9 Å². The summed E-state index contributed by atoms with van der Waals surface area (Å²) < 4.78 is 40.2. The van der Waals surface area contributed by atoms with Crippen molar-refractivity contribution in [2.45, 2.75) is 51.1 Å². The van der Waals surface area contributed by atoms with Gasteiger partial charge < -0.3 is 15.1 Å². The van der Waals surface area contributed by atoms with Gasteiger partial charge in [0.25, 0.3) is 5.91 Å². The molecule has 206 valence electrons. The summed E-state index contributed by atoms with van der Waals surface area (Å²) in [6, 6.07) is 7.33. The van der Waals surface area contributed by atoms with Crippen LogP contribution in [-0.2, 0) is 22.2 Å². The zero-order valence-corrected chi connectivity index (χ0v) is 21.7. The molecular weight excluding hydrogens is 507 g/mol. The number of aromatic nitrogens is 1. The third kappa shape index (κ3) is 6.49. The number of piperidine rings is 1. The van der Waals surface area contributed by atoms with Gasteiger partial charge in [-0.25, -0.2) is 0 Å². The van der Waals surface area contributed by atoms with Crippen LogP contribution in [0.25, 0.3) is 0 Å². The number of hydrogen-bond donors (Lipinski definition) is 1. The summed E-state index contributed by atoms with van der Waals surface area (Å²) in [6.45, 7) is 2.76. The molecule has 2 aromatic rings. The summed E-state index contributed by atoms with van der Waals surface area (Å²) in [5.74, 6) is -0.214. The van der Waals surface area contributed by atoms with Gasteiger partial charge in [0.15, 0.2) is 0 Å². The molecule has 0 bridgehead atoms. The molecular formula is C29H32F3N5O2. The fraction of sp³-hybridized carbons (Fsp3) is 0.448. The van der Waals surface area contributed by atoms with Crippen LogP contribution in [0, 0.1) is 5.92 Å². The van der Waals surface area contributed by atoms with Gasteiger partial charge in [-0.15, -0.1) is 0 Å². The third-order valence-corrected chi connectivity index (χ3v) is 7.69. The lowest BCUT2D eigenvalue weighted by atomic mass is 9.90. The van der Waals surface area contributed by atoms with Gasteiger partial charge in [-0.05, 0) is 68.0 Å². The van der Waals surface area contributed by atoms with Crippen molar-refractivity contribution < 1.29 is 22.8 Å². The normalized spacial score (nSPS) is 18.2. The molecule has 3 aliphatic heterocycles. The number of nitrogens with one attached hydrogen (secondary N) is 1. The molecule has 3 aliphatic rings. The molecule has 4 heterocycles. The number of carbonyl (C=O) groups excluding carboxylic acids is 2. The first kappa shape index (κ1) is 26.9. The Labute approximate surface area is 225 Å². The summed E-state index contributed by atoms with van der Waals surface area (Å²) in [5.41, 5.74) is 2.11. The van der Waals surface area contributed by atoms with Crippen molar-refractivity contribution in [2.24, 2.45) is 10.9 Å². The van der Waals surface area contributed by atoms with Gasteiger partial charge in [-0.1, -0.05) is 6.07 Å². The van der Waals surface area contributed by atoms with E-state index in [4.69, 9.17) is 0 Å². The molecule has 2 fully saturated rings. The van der Waals surface area contributed by atoms with Crippen LogP contribution in [0.2, 0.25) is 0 Å². The minimum Gasteiger partial charge on any atom is -0.370 e. The number of nitrogens with zero attached hydrogens (tertiary/aromatic N) is 4. The Morgan fingerprint density at radius 2 is 1.82 bits per heavy atom. The van der Waals surface area contributed by atoms with Gasteiger partial charge in [-0.3, -0.25) is 19.6 Å². The number of alkyl halides is 3. The highest BCUT2D eigenvalue weighted by Gasteiger charge is 2.33. The SMILES string of the molecule is O=C(Nc1cc(C(F)(F)F)ccc1N1CCCC1)C1=CCC(C2CCN(C(=O)CCc3cccnc3)CC2)=N1. The largest absolute Gasteiger partial charge is 0.416 e. The molecule has 7 nitrogen and oxygen atoms in total. The van der Waals surface area contributed by atoms with E-state index in [1.54, 1.807) is 18.5 Å². The fourth-order valence-electron chi connectivity index (χ4n) is 5.50. The second-order valence-electron chi connectivity index (χ2n) is 10.3. The summed E-state index contributed by atoms with van der Waals surface area (Å²) in [6.07, 6.45) is 5.82. The van der Waals surface area contributed by atoms with Crippen molar-refractivity contribution in [3.8, 4) is 0 Å². The van der Waals surface area contributed by atoms with Crippen molar-refractivity contribution in [3.05, 3.63) is 65.6 Å². The maximum atomic E-state index is 13.4. The third-order valence-electron chi connectivity index (χ3n) is 7.69. The molecule has 1 N–H and O–H groups in total. The van der Waals surface area contributed by atoms with E-state index < -0.39 is 17.6 Å². The summed E-state index contributed by atoms with van der Waals surface area (Å²) in [7, 11) is 0. The van der Waals surface area contributed by atoms with Crippen molar-refractivity contribution in [2.75, 3.05) is 36.4 Å². The first-order chi connectivity index (χ1) is 18.8. The van der Waals surface area contributed by atoms with E-state index in [0.717, 1.165) is 62.2 Å². The minimum atomic E-state index is -4.50. The van der Waals surface area contributed by atoms with E-state index in [1.807, 2.05) is 21.9 Å². The van der Waals surface area contributed by atoms with Crippen LogP contribution < -0.4 is 10.2 Å². The van der Waals surface area contributed by atoms with Crippen LogP contribution in [0.1, 0.15) is 49.7 Å². The molecule has 39 heavy (non-hydrogen) atoms. The Kier molecular flexibility index (Phi) is 7.99. The molecule has 0 spiro atoms. The summed E-state index contributed by atoms with van der Waals surface area (Å²) in [4.78, 5) is 38.3. The number of aryl methyl sites for hydroxylation is 1. The average Bonchev–Trinajstić information content (AvgIpc) is 3.65. The number of aliphatic imine (C=N–C) groups is 1. The van der Waals surface area contributed by atoms with Crippen molar-refractivity contribution >= 4 is 28.9 Å². The predicted molar refractivity (Wildman–Crippen MR) is 144 cm³/mol. The lowest BCUT2D eigenvalue weighted by Gasteiger charge is -2.32. The first-order valence-electron chi connectivity index (χ1n) is 13.5. The standard InChI is InChI=1S/C29H32F3N5O2/c30-29(31,32)22-6-9-26(36-14-1-2-15-36)25(18-22)35-28(39)24-8-7-23(34-24)21-11-16-37(17-12-21)27(38)10-5-20-4-3-13-33-19-20/h3-4,6,8-9,13,18-19,21H,1-2,5,7,10-12,14-17H2,(H,35,39). The molecule has 10 heteroatoms. The van der Waals surface area contributed by atoms with Crippen LogP contribution in [0.4, 0.5) is 24.5 Å². The number of likely N-dealkylation sites (tertiary alicyclic amines) is 1. The zero-order valence-electron chi connectivity index (χ0n) is 21.7. The van der Waals surface area contributed by atoms with Crippen LogP contribution in [0.5, 0.6) is 0 Å². The Morgan fingerprint density at radius 1 is 1.05 bits per heavy atom. The molecule has 0 atom stereocenters. The highest BCUT2D eigenvalue weighted by Crippen LogP contribution is 2.37. The number of pyridine rings is 1. The molecule has 0 radical (unpaired) electrons. The summed E-state index contributed by atoms with van der Waals surface area (Å²) >= 11 is 0. The number of carbonyl (C=O) groups is 2. The van der Waals surface area contributed by atoms with Gasteiger partial charge in [-0.2, -0.15) is 13.2 Å². The molecule has 0 saturated carbocycles. The topological polar surface area (TPSA) is 77.9 Å². The molecule has 5 rings (SSSR count). The first-order valence-corrected chi connectivity index (χ1v) is 13.5. The number of halogens is 3.